The molecule has 0 atom stereocenters. The molecule has 4 nitrogen and oxygen atoms in total. The molecular formula is C14H20N2O2S. The number of hydrogen-bond donors (Lipinski definition) is 2. The van der Waals surface area contributed by atoms with Crippen LogP contribution in [0.4, 0.5) is 5.69 Å². The van der Waals surface area contributed by atoms with Gasteiger partial charge in [0.1, 0.15) is 0 Å². The van der Waals surface area contributed by atoms with E-state index in [0.717, 1.165) is 24.3 Å². The van der Waals surface area contributed by atoms with Crippen LogP contribution in [0, 0.1) is 18.3 Å². The lowest BCUT2D eigenvalue weighted by atomic mass is 10.0. The van der Waals surface area contributed by atoms with E-state index in [1.807, 2.05) is 6.92 Å². The van der Waals surface area contributed by atoms with Crippen LogP contribution in [0.5, 0.6) is 0 Å². The second kappa shape index (κ2) is 4.21. The Morgan fingerprint density at radius 1 is 1.37 bits per heavy atom. The molecule has 3 N–H and O–H groups in total. The van der Waals surface area contributed by atoms with Gasteiger partial charge in [-0.3, -0.25) is 0 Å². The monoisotopic (exact) mass is 280 g/mol. The first kappa shape index (κ1) is 12.9. The van der Waals surface area contributed by atoms with Crippen LogP contribution in [0.3, 0.4) is 0 Å². The quantitative estimate of drug-likeness (QED) is 0.811. The highest BCUT2D eigenvalue weighted by Crippen LogP contribution is 2.60. The number of nitrogens with one attached hydrogen (secondary N) is 1. The summed E-state index contributed by atoms with van der Waals surface area (Å²) in [5, 5.41) is 0. The maximum Gasteiger partial charge on any atom is 0.240 e. The predicted molar refractivity (Wildman–Crippen MR) is 75.2 cm³/mol. The van der Waals surface area contributed by atoms with Crippen LogP contribution in [0.25, 0.3) is 0 Å². The predicted octanol–water partition coefficient (Wildman–Crippen LogP) is 2.05. The van der Waals surface area contributed by atoms with E-state index in [1.165, 1.54) is 18.9 Å². The van der Waals surface area contributed by atoms with E-state index < -0.39 is 10.0 Å². The molecule has 2 fully saturated rings. The van der Waals surface area contributed by atoms with Crippen molar-refractivity contribution in [3.05, 3.63) is 23.8 Å². The van der Waals surface area contributed by atoms with Gasteiger partial charge in [0.25, 0.3) is 0 Å². The largest absolute Gasteiger partial charge is 0.398 e. The standard InChI is InChI=1S/C14H20N2O2S/c1-10-2-5-12(8-13(10)15)19(17,18)16-9-14(6-7-14)11-3-4-11/h2,5,8,11,16H,3-4,6-7,9,15H2,1H3. The Labute approximate surface area is 114 Å². The van der Waals surface area contributed by atoms with Gasteiger partial charge in [0, 0.05) is 12.2 Å². The van der Waals surface area contributed by atoms with Crippen molar-refractivity contribution in [1.29, 1.82) is 0 Å². The summed E-state index contributed by atoms with van der Waals surface area (Å²) in [5.74, 6) is 0.748. The van der Waals surface area contributed by atoms with E-state index in [0.29, 0.717) is 12.2 Å². The molecule has 0 radical (unpaired) electrons. The van der Waals surface area contributed by atoms with Crippen LogP contribution >= 0.6 is 0 Å². The SMILES string of the molecule is Cc1ccc(S(=O)(=O)NCC2(C3CC3)CC2)cc1N. The molecule has 104 valence electrons. The highest BCUT2D eigenvalue weighted by molar-refractivity contribution is 7.89. The molecule has 0 saturated heterocycles. The number of nitrogen functional groups attached to an aromatic ring is 1. The minimum atomic E-state index is -3.43. The fourth-order valence-corrected chi connectivity index (χ4v) is 3.87. The van der Waals surface area contributed by atoms with Crippen LogP contribution in [0.2, 0.25) is 0 Å². The molecule has 3 rings (SSSR count). The Morgan fingerprint density at radius 2 is 2.05 bits per heavy atom. The van der Waals surface area contributed by atoms with Gasteiger partial charge in [0.15, 0.2) is 0 Å². The van der Waals surface area contributed by atoms with Gasteiger partial charge >= 0.3 is 0 Å². The van der Waals surface area contributed by atoms with E-state index in [2.05, 4.69) is 4.72 Å². The molecule has 2 aliphatic rings. The van der Waals surface area contributed by atoms with Gasteiger partial charge in [0.05, 0.1) is 4.90 Å². The summed E-state index contributed by atoms with van der Waals surface area (Å²) < 4.78 is 27.3. The first-order chi connectivity index (χ1) is 8.93. The third kappa shape index (κ3) is 2.49. The molecule has 5 heteroatoms. The third-order valence-corrected chi connectivity index (χ3v) is 5.91. The highest BCUT2D eigenvalue weighted by atomic mass is 32.2. The van der Waals surface area contributed by atoms with Crippen LogP contribution in [0.15, 0.2) is 23.1 Å². The first-order valence-electron chi connectivity index (χ1n) is 6.79. The normalized spacial score (nSPS) is 21.3. The summed E-state index contributed by atoms with van der Waals surface area (Å²) >= 11 is 0. The maximum absolute atomic E-state index is 12.2. The summed E-state index contributed by atoms with van der Waals surface area (Å²) in [6.07, 6.45) is 4.85. The molecule has 0 aliphatic heterocycles. The lowest BCUT2D eigenvalue weighted by Gasteiger charge is -2.15. The van der Waals surface area contributed by atoms with Crippen LogP contribution in [0.1, 0.15) is 31.2 Å². The molecule has 0 heterocycles. The summed E-state index contributed by atoms with van der Waals surface area (Å²) in [7, 11) is -3.43. The van der Waals surface area contributed by atoms with E-state index in [-0.39, 0.29) is 10.3 Å². The van der Waals surface area contributed by atoms with E-state index in [9.17, 15) is 8.42 Å². The molecule has 0 aromatic heterocycles. The van der Waals surface area contributed by atoms with Crippen LogP contribution in [-0.4, -0.2) is 15.0 Å². The van der Waals surface area contributed by atoms with Crippen LogP contribution < -0.4 is 10.5 Å². The lowest BCUT2D eigenvalue weighted by Crippen LogP contribution is -2.31. The smallest absolute Gasteiger partial charge is 0.240 e. The zero-order chi connectivity index (χ0) is 13.7. The van der Waals surface area contributed by atoms with Crippen molar-refractivity contribution in [3.63, 3.8) is 0 Å². The first-order valence-corrected chi connectivity index (χ1v) is 8.27. The average Bonchev–Trinajstić information content (AvgIpc) is 3.23. The average molecular weight is 280 g/mol. The number of hydrogen-bond acceptors (Lipinski definition) is 3. The summed E-state index contributed by atoms with van der Waals surface area (Å²) in [4.78, 5) is 0.266. The van der Waals surface area contributed by atoms with Crippen LogP contribution in [-0.2, 0) is 10.0 Å². The number of aryl methyl sites for hydroxylation is 1. The Balaban J connectivity index is 1.73. The molecule has 0 unspecified atom stereocenters. The number of sulfonamides is 1. The summed E-state index contributed by atoms with van der Waals surface area (Å²) in [6.45, 7) is 2.44. The highest BCUT2D eigenvalue weighted by Gasteiger charge is 2.53. The van der Waals surface area contributed by atoms with Crippen molar-refractivity contribution in [2.45, 2.75) is 37.5 Å². The molecule has 1 aromatic carbocycles. The second-order valence-electron chi connectivity index (χ2n) is 5.98. The molecule has 1 aromatic rings. The second-order valence-corrected chi connectivity index (χ2v) is 7.75. The molecule has 2 saturated carbocycles. The number of nitrogens with two attached hydrogens (primary N) is 1. The Morgan fingerprint density at radius 3 is 2.58 bits per heavy atom. The number of anilines is 1. The van der Waals surface area contributed by atoms with Crippen molar-refractivity contribution >= 4 is 15.7 Å². The van der Waals surface area contributed by atoms with Gasteiger partial charge in [-0.05, 0) is 61.6 Å². The summed E-state index contributed by atoms with van der Waals surface area (Å²) in [5.41, 5.74) is 7.46. The zero-order valence-corrected chi connectivity index (χ0v) is 12.0. The van der Waals surface area contributed by atoms with E-state index in [1.54, 1.807) is 12.1 Å². The van der Waals surface area contributed by atoms with Gasteiger partial charge in [-0.25, -0.2) is 13.1 Å². The topological polar surface area (TPSA) is 72.2 Å². The van der Waals surface area contributed by atoms with E-state index in [4.69, 9.17) is 5.73 Å². The molecule has 0 bridgehead atoms. The van der Waals surface area contributed by atoms with Crippen molar-refractivity contribution in [1.82, 2.24) is 4.72 Å². The van der Waals surface area contributed by atoms with Gasteiger partial charge in [-0.15, -0.1) is 0 Å². The van der Waals surface area contributed by atoms with E-state index >= 15 is 0 Å². The zero-order valence-electron chi connectivity index (χ0n) is 11.1. The Bertz CT molecular complexity index is 602. The lowest BCUT2D eigenvalue weighted by molar-refractivity contribution is 0.432. The molecule has 0 spiro atoms. The summed E-state index contributed by atoms with van der Waals surface area (Å²) in [6, 6.07) is 4.90. The van der Waals surface area contributed by atoms with Gasteiger partial charge in [0.2, 0.25) is 10.0 Å². The number of benzene rings is 1. The minimum absolute atomic E-state index is 0.266. The molecule has 19 heavy (non-hydrogen) atoms. The molecule has 0 amide bonds. The fraction of sp³-hybridized carbons (Fsp3) is 0.571. The van der Waals surface area contributed by atoms with Crippen molar-refractivity contribution in [2.75, 3.05) is 12.3 Å². The van der Waals surface area contributed by atoms with Gasteiger partial charge in [-0.2, -0.15) is 0 Å². The molecule has 2 aliphatic carbocycles. The van der Waals surface area contributed by atoms with Crippen molar-refractivity contribution < 1.29 is 8.42 Å². The Hall–Kier alpha value is -1.07. The third-order valence-electron chi connectivity index (χ3n) is 4.51. The fourth-order valence-electron chi connectivity index (χ4n) is 2.69. The molecular weight excluding hydrogens is 260 g/mol. The van der Waals surface area contributed by atoms with Crippen molar-refractivity contribution in [2.24, 2.45) is 11.3 Å². The minimum Gasteiger partial charge on any atom is -0.398 e. The van der Waals surface area contributed by atoms with Crippen molar-refractivity contribution in [3.8, 4) is 0 Å². The van der Waals surface area contributed by atoms with Gasteiger partial charge in [-0.1, -0.05) is 6.07 Å². The Kier molecular flexibility index (Phi) is 2.87. The maximum atomic E-state index is 12.2. The number of rotatable bonds is 5. The van der Waals surface area contributed by atoms with Gasteiger partial charge < -0.3 is 5.73 Å².